The number of aromatic nitrogens is 1. The molecule has 1 saturated heterocycles. The van der Waals surface area contributed by atoms with Gasteiger partial charge in [-0.05, 0) is 30.8 Å². The lowest BCUT2D eigenvalue weighted by atomic mass is 10.0. The highest BCUT2D eigenvalue weighted by Crippen LogP contribution is 2.42. The van der Waals surface area contributed by atoms with E-state index in [4.69, 9.17) is 29.5 Å². The second-order valence-corrected chi connectivity index (χ2v) is 8.99. The molecule has 2 aliphatic rings. The van der Waals surface area contributed by atoms with E-state index in [0.717, 1.165) is 16.8 Å². The second-order valence-electron chi connectivity index (χ2n) is 7.75. The third-order valence-electron chi connectivity index (χ3n) is 5.52. The van der Waals surface area contributed by atoms with Gasteiger partial charge in [-0.15, -0.1) is 0 Å². The summed E-state index contributed by atoms with van der Waals surface area (Å²) in [6.45, 7) is 0.0713. The van der Waals surface area contributed by atoms with Gasteiger partial charge in [-0.2, -0.15) is 0 Å². The Morgan fingerprint density at radius 2 is 2.03 bits per heavy atom. The first kappa shape index (κ1) is 23.6. The van der Waals surface area contributed by atoms with Crippen molar-refractivity contribution in [3.05, 3.63) is 42.2 Å². The van der Waals surface area contributed by atoms with Crippen molar-refractivity contribution in [1.29, 1.82) is 0 Å². The standard InChI is InChI=1S/C20H24N3O9P/c1-22(19(24)25)7-6-14-4-2-13(9-21-14)12-3-5-15-17(8-12)30-10-16-18(11-31-33(27,28)29)32-20(26)23(15)16/h2-5,8-9,16,18-19,24-25H,6-7,10-11H2,1H3,(H2,27,28,29)/t16-,18-/m0/s1. The van der Waals surface area contributed by atoms with Crippen LogP contribution >= 0.6 is 7.82 Å². The van der Waals surface area contributed by atoms with E-state index < -0.39 is 39.1 Å². The zero-order valence-electron chi connectivity index (χ0n) is 17.6. The number of phosphoric acid groups is 1. The number of anilines is 1. The number of aliphatic hydroxyl groups excluding tert-OH is 1. The van der Waals surface area contributed by atoms with Gasteiger partial charge in [0, 0.05) is 30.4 Å². The Kier molecular flexibility index (Phi) is 6.68. The van der Waals surface area contributed by atoms with Crippen LogP contribution in [-0.4, -0.2) is 81.3 Å². The summed E-state index contributed by atoms with van der Waals surface area (Å²) in [5, 5.41) is 18.2. The Morgan fingerprint density at radius 3 is 2.70 bits per heavy atom. The number of amides is 1. The van der Waals surface area contributed by atoms with E-state index in [-0.39, 0.29) is 6.61 Å². The van der Waals surface area contributed by atoms with Crippen LogP contribution in [0.15, 0.2) is 36.5 Å². The number of hydrogen-bond acceptors (Lipinski definition) is 9. The minimum absolute atomic E-state index is 0.0821. The lowest BCUT2D eigenvalue weighted by molar-refractivity contribution is -0.144. The van der Waals surface area contributed by atoms with Crippen LogP contribution in [-0.2, 0) is 20.2 Å². The van der Waals surface area contributed by atoms with Gasteiger partial charge >= 0.3 is 13.9 Å². The van der Waals surface area contributed by atoms with Crippen molar-refractivity contribution in [2.24, 2.45) is 0 Å². The normalized spacial score (nSPS) is 20.0. The summed E-state index contributed by atoms with van der Waals surface area (Å²) in [5.41, 5.74) is 2.95. The van der Waals surface area contributed by atoms with Gasteiger partial charge in [0.25, 0.3) is 0 Å². The average Bonchev–Trinajstić information content (AvgIpc) is 3.11. The average molecular weight is 481 g/mol. The van der Waals surface area contributed by atoms with Crippen LogP contribution in [0.3, 0.4) is 0 Å². The molecule has 0 bridgehead atoms. The van der Waals surface area contributed by atoms with E-state index >= 15 is 0 Å². The SMILES string of the molecule is CN(CCc1ccc(-c2ccc3c(c2)OC[C@H]2[C@H](COP(=O)(O)O)OC(=O)N32)cn1)C(O)O. The van der Waals surface area contributed by atoms with Crippen molar-refractivity contribution >= 4 is 19.6 Å². The molecule has 178 valence electrons. The number of cyclic esters (lactones) is 1. The van der Waals surface area contributed by atoms with Gasteiger partial charge in [0.05, 0.1) is 12.3 Å². The summed E-state index contributed by atoms with van der Waals surface area (Å²) < 4.78 is 26.5. The molecule has 2 aromatic rings. The van der Waals surface area contributed by atoms with E-state index in [2.05, 4.69) is 9.51 Å². The maximum absolute atomic E-state index is 12.4. The number of fused-ring (bicyclic) bond motifs is 3. The largest absolute Gasteiger partial charge is 0.489 e. The van der Waals surface area contributed by atoms with Crippen LogP contribution in [0.25, 0.3) is 11.1 Å². The van der Waals surface area contributed by atoms with Gasteiger partial charge in [-0.1, -0.05) is 12.1 Å². The monoisotopic (exact) mass is 481 g/mol. The molecule has 13 heteroatoms. The summed E-state index contributed by atoms with van der Waals surface area (Å²) in [6, 6.07) is 8.49. The number of carbonyl (C=O) groups is 1. The molecule has 1 aromatic carbocycles. The van der Waals surface area contributed by atoms with Crippen LogP contribution in [0.1, 0.15) is 5.69 Å². The Labute approximate surface area is 189 Å². The Balaban J connectivity index is 1.47. The molecule has 4 rings (SSSR count). The summed E-state index contributed by atoms with van der Waals surface area (Å²) in [7, 11) is -3.09. The molecule has 0 spiro atoms. The summed E-state index contributed by atoms with van der Waals surface area (Å²) in [6.07, 6.45) is -0.771. The van der Waals surface area contributed by atoms with Crippen molar-refractivity contribution in [2.45, 2.75) is 25.0 Å². The van der Waals surface area contributed by atoms with E-state index in [9.17, 15) is 9.36 Å². The summed E-state index contributed by atoms with van der Waals surface area (Å²) in [5.74, 6) is 0.472. The first-order valence-electron chi connectivity index (χ1n) is 10.1. The van der Waals surface area contributed by atoms with Crippen LogP contribution in [0.4, 0.5) is 10.5 Å². The Bertz CT molecular complexity index is 1060. The number of nitrogens with zero attached hydrogens (tertiary/aromatic N) is 3. The smallest absolute Gasteiger partial charge is 0.469 e. The first-order chi connectivity index (χ1) is 15.6. The van der Waals surface area contributed by atoms with Gasteiger partial charge in [-0.3, -0.25) is 19.3 Å². The molecule has 3 heterocycles. The number of ether oxygens (including phenoxy) is 2. The molecule has 2 aliphatic heterocycles. The van der Waals surface area contributed by atoms with E-state index in [0.29, 0.717) is 24.4 Å². The number of hydrogen-bond donors (Lipinski definition) is 4. The van der Waals surface area contributed by atoms with Crippen molar-refractivity contribution < 1.29 is 43.4 Å². The molecule has 0 saturated carbocycles. The maximum Gasteiger partial charge on any atom is 0.469 e. The van der Waals surface area contributed by atoms with Crippen molar-refractivity contribution in [3.8, 4) is 16.9 Å². The third kappa shape index (κ3) is 5.33. The Morgan fingerprint density at radius 1 is 1.27 bits per heavy atom. The fourth-order valence-electron chi connectivity index (χ4n) is 3.67. The highest BCUT2D eigenvalue weighted by molar-refractivity contribution is 7.46. The highest BCUT2D eigenvalue weighted by Gasteiger charge is 2.47. The molecule has 1 fully saturated rings. The minimum Gasteiger partial charge on any atom is -0.489 e. The molecule has 12 nitrogen and oxygen atoms in total. The van der Waals surface area contributed by atoms with Crippen LogP contribution in [0.5, 0.6) is 5.75 Å². The van der Waals surface area contributed by atoms with Crippen molar-refractivity contribution in [3.63, 3.8) is 0 Å². The second kappa shape index (κ2) is 9.35. The zero-order chi connectivity index (χ0) is 23.8. The lowest BCUT2D eigenvalue weighted by Gasteiger charge is -2.31. The number of pyridine rings is 1. The molecular weight excluding hydrogens is 457 g/mol. The molecule has 0 unspecified atom stereocenters. The quantitative estimate of drug-likeness (QED) is 0.310. The Hall–Kier alpha value is -2.57. The van der Waals surface area contributed by atoms with Gasteiger partial charge in [0.2, 0.25) is 6.41 Å². The molecule has 1 amide bonds. The van der Waals surface area contributed by atoms with Crippen LogP contribution in [0, 0.1) is 0 Å². The molecular formula is C20H24N3O9P. The first-order valence-corrected chi connectivity index (χ1v) is 11.6. The number of likely N-dealkylation sites (N-methyl/N-ethyl adjacent to an activating group) is 1. The number of carbonyl (C=O) groups excluding carboxylic acids is 1. The van der Waals surface area contributed by atoms with Gasteiger partial charge in [0.1, 0.15) is 18.4 Å². The van der Waals surface area contributed by atoms with Crippen LogP contribution < -0.4 is 9.64 Å². The van der Waals surface area contributed by atoms with Crippen molar-refractivity contribution in [2.75, 3.05) is 31.7 Å². The predicted octanol–water partition coefficient (Wildman–Crippen LogP) is 0.687. The fourth-order valence-corrected chi connectivity index (χ4v) is 4.02. The maximum atomic E-state index is 12.4. The minimum atomic E-state index is -4.69. The summed E-state index contributed by atoms with van der Waals surface area (Å²) >= 11 is 0. The van der Waals surface area contributed by atoms with E-state index in [1.165, 1.54) is 9.80 Å². The molecule has 33 heavy (non-hydrogen) atoms. The fraction of sp³-hybridized carbons (Fsp3) is 0.400. The lowest BCUT2D eigenvalue weighted by Crippen LogP contribution is -2.45. The molecule has 0 aliphatic carbocycles. The number of phosphoric ester groups is 1. The predicted molar refractivity (Wildman–Crippen MR) is 114 cm³/mol. The van der Waals surface area contributed by atoms with Gasteiger partial charge < -0.3 is 29.5 Å². The van der Waals surface area contributed by atoms with Crippen molar-refractivity contribution in [1.82, 2.24) is 9.88 Å². The van der Waals surface area contributed by atoms with Crippen LogP contribution in [0.2, 0.25) is 0 Å². The van der Waals surface area contributed by atoms with Gasteiger partial charge in [-0.25, -0.2) is 9.36 Å². The molecule has 0 radical (unpaired) electrons. The zero-order valence-corrected chi connectivity index (χ0v) is 18.5. The van der Waals surface area contributed by atoms with E-state index in [1.54, 1.807) is 25.4 Å². The summed E-state index contributed by atoms with van der Waals surface area (Å²) in [4.78, 5) is 37.4. The number of benzene rings is 1. The number of aliphatic hydroxyl groups is 2. The topological polar surface area (TPSA) is 162 Å². The number of rotatable bonds is 8. The molecule has 2 atom stereocenters. The third-order valence-corrected chi connectivity index (χ3v) is 6.00. The molecule has 1 aromatic heterocycles. The molecule has 4 N–H and O–H groups in total. The van der Waals surface area contributed by atoms with Gasteiger partial charge in [0.15, 0.2) is 6.10 Å². The highest BCUT2D eigenvalue weighted by atomic mass is 31.2. The van der Waals surface area contributed by atoms with E-state index in [1.807, 2.05) is 18.2 Å².